The molecular formula is C9H17N3. The van der Waals surface area contributed by atoms with Crippen molar-refractivity contribution in [1.82, 2.24) is 9.78 Å². The van der Waals surface area contributed by atoms with Gasteiger partial charge in [0, 0.05) is 19.2 Å². The van der Waals surface area contributed by atoms with E-state index in [0.717, 1.165) is 5.82 Å². The van der Waals surface area contributed by atoms with Crippen LogP contribution in [0.2, 0.25) is 0 Å². The lowest BCUT2D eigenvalue weighted by Crippen LogP contribution is -2.16. The Labute approximate surface area is 73.8 Å². The van der Waals surface area contributed by atoms with Crippen LogP contribution in [0, 0.1) is 0 Å². The van der Waals surface area contributed by atoms with Crippen LogP contribution in [0.5, 0.6) is 0 Å². The lowest BCUT2D eigenvalue weighted by Gasteiger charge is -2.13. The first-order valence-electron chi connectivity index (χ1n) is 4.48. The van der Waals surface area contributed by atoms with E-state index in [2.05, 4.69) is 24.3 Å². The number of rotatable bonds is 4. The number of hydrogen-bond acceptors (Lipinski definition) is 2. The second-order valence-electron chi connectivity index (χ2n) is 3.17. The number of nitrogens with zero attached hydrogens (tertiary/aromatic N) is 2. The van der Waals surface area contributed by atoms with E-state index in [-0.39, 0.29) is 0 Å². The van der Waals surface area contributed by atoms with Gasteiger partial charge in [0.15, 0.2) is 0 Å². The van der Waals surface area contributed by atoms with Crippen LogP contribution in [-0.2, 0) is 7.05 Å². The molecule has 0 radical (unpaired) electrons. The maximum absolute atomic E-state index is 4.08. The summed E-state index contributed by atoms with van der Waals surface area (Å²) < 4.78 is 1.85. The summed E-state index contributed by atoms with van der Waals surface area (Å²) in [5.74, 6) is 1.09. The Morgan fingerprint density at radius 2 is 2.42 bits per heavy atom. The molecule has 0 aliphatic rings. The molecule has 0 fully saturated rings. The van der Waals surface area contributed by atoms with E-state index >= 15 is 0 Å². The number of aromatic nitrogens is 2. The zero-order valence-electron chi connectivity index (χ0n) is 8.04. The van der Waals surface area contributed by atoms with Crippen LogP contribution in [0.1, 0.15) is 26.7 Å². The molecule has 0 spiro atoms. The summed E-state index contributed by atoms with van der Waals surface area (Å²) in [5.41, 5.74) is 0. The van der Waals surface area contributed by atoms with Gasteiger partial charge in [-0.1, -0.05) is 13.3 Å². The van der Waals surface area contributed by atoms with E-state index in [4.69, 9.17) is 0 Å². The van der Waals surface area contributed by atoms with Crippen molar-refractivity contribution in [2.75, 3.05) is 5.32 Å². The highest BCUT2D eigenvalue weighted by Crippen LogP contribution is 2.07. The summed E-state index contributed by atoms with van der Waals surface area (Å²) in [6.07, 6.45) is 4.22. The van der Waals surface area contributed by atoms with Crippen LogP contribution in [0.3, 0.4) is 0 Å². The minimum absolute atomic E-state index is 0.533. The van der Waals surface area contributed by atoms with Crippen LogP contribution in [-0.4, -0.2) is 15.8 Å². The number of anilines is 1. The van der Waals surface area contributed by atoms with Gasteiger partial charge in [-0.3, -0.25) is 4.68 Å². The highest BCUT2D eigenvalue weighted by Gasteiger charge is 2.02. The molecule has 0 saturated carbocycles. The summed E-state index contributed by atoms with van der Waals surface area (Å²) >= 11 is 0. The van der Waals surface area contributed by atoms with Crippen LogP contribution in [0.15, 0.2) is 12.3 Å². The molecule has 0 saturated heterocycles. The molecule has 0 aliphatic heterocycles. The average Bonchev–Trinajstić information content (AvgIpc) is 2.37. The molecule has 1 atom stereocenters. The fourth-order valence-corrected chi connectivity index (χ4v) is 1.27. The van der Waals surface area contributed by atoms with Gasteiger partial charge in [-0.2, -0.15) is 5.10 Å². The van der Waals surface area contributed by atoms with Crippen molar-refractivity contribution in [3.63, 3.8) is 0 Å². The Kier molecular flexibility index (Phi) is 3.14. The predicted octanol–water partition coefficient (Wildman–Crippen LogP) is 2.02. The van der Waals surface area contributed by atoms with Gasteiger partial charge in [-0.25, -0.2) is 0 Å². The Balaban J connectivity index is 2.46. The summed E-state index contributed by atoms with van der Waals surface area (Å²) in [4.78, 5) is 0. The smallest absolute Gasteiger partial charge is 0.124 e. The molecule has 12 heavy (non-hydrogen) atoms. The molecule has 0 amide bonds. The van der Waals surface area contributed by atoms with Crippen LogP contribution in [0.4, 0.5) is 5.82 Å². The van der Waals surface area contributed by atoms with Crippen molar-refractivity contribution in [1.29, 1.82) is 0 Å². The maximum atomic E-state index is 4.08. The van der Waals surface area contributed by atoms with Gasteiger partial charge in [0.1, 0.15) is 5.82 Å². The molecule has 1 aromatic heterocycles. The fraction of sp³-hybridized carbons (Fsp3) is 0.667. The standard InChI is InChI=1S/C9H17N3/c1-4-5-8(2)11-9-6-7-10-12(9)3/h6-8,11H,4-5H2,1-3H3. The van der Waals surface area contributed by atoms with Gasteiger partial charge in [0.05, 0.1) is 6.20 Å². The lowest BCUT2D eigenvalue weighted by molar-refractivity contribution is 0.671. The molecule has 0 aliphatic carbocycles. The van der Waals surface area contributed by atoms with Crippen molar-refractivity contribution in [2.24, 2.45) is 7.05 Å². The third-order valence-electron chi connectivity index (χ3n) is 1.94. The van der Waals surface area contributed by atoms with Crippen molar-refractivity contribution < 1.29 is 0 Å². The number of nitrogens with one attached hydrogen (secondary N) is 1. The van der Waals surface area contributed by atoms with Crippen molar-refractivity contribution in [2.45, 2.75) is 32.7 Å². The Bertz CT molecular complexity index is 229. The maximum Gasteiger partial charge on any atom is 0.124 e. The quantitative estimate of drug-likeness (QED) is 0.743. The van der Waals surface area contributed by atoms with Crippen molar-refractivity contribution >= 4 is 5.82 Å². The molecule has 0 bridgehead atoms. The van der Waals surface area contributed by atoms with E-state index in [0.29, 0.717) is 6.04 Å². The Hall–Kier alpha value is -0.990. The molecule has 1 heterocycles. The third kappa shape index (κ3) is 2.26. The second-order valence-corrected chi connectivity index (χ2v) is 3.17. The fourth-order valence-electron chi connectivity index (χ4n) is 1.27. The van der Waals surface area contributed by atoms with Gasteiger partial charge in [0.2, 0.25) is 0 Å². The summed E-state index contributed by atoms with van der Waals surface area (Å²) in [7, 11) is 1.95. The van der Waals surface area contributed by atoms with Gasteiger partial charge < -0.3 is 5.32 Å². The Morgan fingerprint density at radius 3 is 2.92 bits per heavy atom. The van der Waals surface area contributed by atoms with Gasteiger partial charge in [0.25, 0.3) is 0 Å². The van der Waals surface area contributed by atoms with Gasteiger partial charge in [-0.15, -0.1) is 0 Å². The first-order chi connectivity index (χ1) is 5.74. The van der Waals surface area contributed by atoms with E-state index < -0.39 is 0 Å². The zero-order chi connectivity index (χ0) is 8.97. The average molecular weight is 167 g/mol. The highest BCUT2D eigenvalue weighted by molar-refractivity contribution is 5.34. The van der Waals surface area contributed by atoms with Gasteiger partial charge in [-0.05, 0) is 13.3 Å². The van der Waals surface area contributed by atoms with E-state index in [9.17, 15) is 0 Å². The monoisotopic (exact) mass is 167 g/mol. The van der Waals surface area contributed by atoms with Crippen LogP contribution in [0.25, 0.3) is 0 Å². The van der Waals surface area contributed by atoms with E-state index in [1.165, 1.54) is 12.8 Å². The van der Waals surface area contributed by atoms with Crippen LogP contribution >= 0.6 is 0 Å². The topological polar surface area (TPSA) is 29.9 Å². The second kappa shape index (κ2) is 4.14. The first kappa shape index (κ1) is 9.10. The molecule has 1 N–H and O–H groups in total. The van der Waals surface area contributed by atoms with E-state index in [1.54, 1.807) is 6.20 Å². The molecule has 3 heteroatoms. The van der Waals surface area contributed by atoms with E-state index in [1.807, 2.05) is 17.8 Å². The number of aryl methyl sites for hydroxylation is 1. The summed E-state index contributed by atoms with van der Waals surface area (Å²) in [6.45, 7) is 4.39. The largest absolute Gasteiger partial charge is 0.368 e. The molecule has 1 aromatic rings. The molecule has 3 nitrogen and oxygen atoms in total. The molecular weight excluding hydrogens is 150 g/mol. The normalized spacial score (nSPS) is 12.9. The summed E-state index contributed by atoms with van der Waals surface area (Å²) in [6, 6.07) is 2.52. The Morgan fingerprint density at radius 1 is 1.67 bits per heavy atom. The van der Waals surface area contributed by atoms with Crippen LogP contribution < -0.4 is 5.32 Å². The lowest BCUT2D eigenvalue weighted by atomic mass is 10.2. The van der Waals surface area contributed by atoms with Gasteiger partial charge >= 0.3 is 0 Å². The number of hydrogen-bond donors (Lipinski definition) is 1. The summed E-state index contributed by atoms with van der Waals surface area (Å²) in [5, 5.41) is 7.48. The first-order valence-corrected chi connectivity index (χ1v) is 4.48. The predicted molar refractivity (Wildman–Crippen MR) is 51.2 cm³/mol. The zero-order valence-corrected chi connectivity index (χ0v) is 8.04. The molecule has 1 rings (SSSR count). The SMILES string of the molecule is CCCC(C)Nc1ccnn1C. The molecule has 1 unspecified atom stereocenters. The highest BCUT2D eigenvalue weighted by atomic mass is 15.3. The molecule has 68 valence electrons. The van der Waals surface area contributed by atoms with Crippen molar-refractivity contribution in [3.8, 4) is 0 Å². The third-order valence-corrected chi connectivity index (χ3v) is 1.94. The molecule has 0 aromatic carbocycles. The van der Waals surface area contributed by atoms with Crippen molar-refractivity contribution in [3.05, 3.63) is 12.3 Å². The minimum atomic E-state index is 0.533. The minimum Gasteiger partial charge on any atom is -0.368 e.